The van der Waals surface area contributed by atoms with Crippen LogP contribution < -0.4 is 4.90 Å². The minimum absolute atomic E-state index is 0.0802. The number of nitrogens with zero attached hydrogens (tertiary/aromatic N) is 4. The lowest BCUT2D eigenvalue weighted by atomic mass is 9.86. The molecule has 15 heteroatoms. The largest absolute Gasteiger partial charge is 0.490 e. The lowest BCUT2D eigenvalue weighted by molar-refractivity contribution is -0.193. The second kappa shape index (κ2) is 12.0. The molecule has 4 rings (SSSR count). The molecule has 2 aliphatic heterocycles. The Balaban J connectivity index is 0.000000286. The number of hydrogen-bond acceptors (Lipinski definition) is 6. The van der Waals surface area contributed by atoms with Crippen molar-refractivity contribution in [1.82, 2.24) is 14.9 Å². The molecular formula is C22H22F6N4O5. The summed E-state index contributed by atoms with van der Waals surface area (Å²) in [7, 11) is 0. The van der Waals surface area contributed by atoms with Crippen molar-refractivity contribution < 1.29 is 50.9 Å². The highest BCUT2D eigenvalue weighted by Crippen LogP contribution is 2.41. The maximum atomic E-state index is 12.5. The summed E-state index contributed by atoms with van der Waals surface area (Å²) in [5.41, 5.74) is 1.31. The Morgan fingerprint density at radius 1 is 0.946 bits per heavy atom. The van der Waals surface area contributed by atoms with Gasteiger partial charge in [-0.05, 0) is 36.7 Å². The van der Waals surface area contributed by atoms with Crippen LogP contribution >= 0.6 is 0 Å². The number of pyridine rings is 2. The van der Waals surface area contributed by atoms with E-state index >= 15 is 0 Å². The number of carbonyl (C=O) groups is 3. The third-order valence-corrected chi connectivity index (χ3v) is 5.38. The van der Waals surface area contributed by atoms with Crippen LogP contribution in [0.15, 0.2) is 48.9 Å². The second-order valence-electron chi connectivity index (χ2n) is 8.27. The summed E-state index contributed by atoms with van der Waals surface area (Å²) < 4.78 is 63.5. The van der Waals surface area contributed by atoms with Crippen molar-refractivity contribution in [3.05, 3.63) is 54.5 Å². The molecule has 2 aromatic rings. The molecule has 202 valence electrons. The molecule has 0 saturated carbocycles. The third kappa shape index (κ3) is 9.00. The number of rotatable bonds is 3. The number of carboxylic acids is 2. The number of alkyl halides is 6. The smallest absolute Gasteiger partial charge is 0.475 e. The number of anilines is 1. The molecule has 0 bridgehead atoms. The van der Waals surface area contributed by atoms with Crippen molar-refractivity contribution >= 4 is 23.7 Å². The Morgan fingerprint density at radius 2 is 1.57 bits per heavy atom. The Bertz CT molecular complexity index is 1040. The van der Waals surface area contributed by atoms with Crippen molar-refractivity contribution in [2.45, 2.75) is 31.7 Å². The number of hydrogen-bond donors (Lipinski definition) is 2. The summed E-state index contributed by atoms with van der Waals surface area (Å²) in [6, 6.07) is 9.81. The number of aromatic nitrogens is 2. The molecule has 2 aromatic heterocycles. The van der Waals surface area contributed by atoms with Crippen molar-refractivity contribution in [2.24, 2.45) is 5.41 Å². The molecular weight excluding hydrogens is 514 g/mol. The number of likely N-dealkylation sites (tertiary alicyclic amines) is 1. The molecule has 2 N–H and O–H groups in total. The highest BCUT2D eigenvalue weighted by molar-refractivity contribution is 5.95. The van der Waals surface area contributed by atoms with Crippen molar-refractivity contribution in [3.63, 3.8) is 0 Å². The minimum atomic E-state index is -5.08. The van der Waals surface area contributed by atoms with Crippen molar-refractivity contribution in [3.8, 4) is 0 Å². The number of halogens is 6. The molecule has 4 heterocycles. The van der Waals surface area contributed by atoms with Gasteiger partial charge in [-0.3, -0.25) is 19.6 Å². The first kappa shape index (κ1) is 29.5. The van der Waals surface area contributed by atoms with Crippen LogP contribution in [0.1, 0.15) is 18.4 Å². The van der Waals surface area contributed by atoms with Crippen molar-refractivity contribution in [1.29, 1.82) is 0 Å². The maximum absolute atomic E-state index is 12.5. The predicted octanol–water partition coefficient (Wildman–Crippen LogP) is 3.37. The van der Waals surface area contributed by atoms with Gasteiger partial charge in [-0.2, -0.15) is 26.3 Å². The zero-order chi connectivity index (χ0) is 27.9. The minimum Gasteiger partial charge on any atom is -0.475 e. The van der Waals surface area contributed by atoms with Crippen LogP contribution in [-0.2, 0) is 20.9 Å². The number of aliphatic carboxylic acids is 2. The van der Waals surface area contributed by atoms with E-state index in [1.165, 1.54) is 5.56 Å². The van der Waals surface area contributed by atoms with Gasteiger partial charge in [-0.1, -0.05) is 12.1 Å². The summed E-state index contributed by atoms with van der Waals surface area (Å²) in [4.78, 5) is 43.1. The average Bonchev–Trinajstić information content (AvgIpc) is 3.36. The van der Waals surface area contributed by atoms with E-state index in [0.29, 0.717) is 6.42 Å². The van der Waals surface area contributed by atoms with Gasteiger partial charge in [0.15, 0.2) is 0 Å². The van der Waals surface area contributed by atoms with E-state index in [0.717, 1.165) is 38.4 Å². The van der Waals surface area contributed by atoms with Crippen LogP contribution in [0.25, 0.3) is 0 Å². The molecule has 0 aromatic carbocycles. The molecule has 9 nitrogen and oxygen atoms in total. The van der Waals surface area contributed by atoms with Gasteiger partial charge >= 0.3 is 24.3 Å². The molecule has 2 aliphatic rings. The van der Waals surface area contributed by atoms with Crippen molar-refractivity contribution in [2.75, 3.05) is 24.5 Å². The Morgan fingerprint density at radius 3 is 2.05 bits per heavy atom. The summed E-state index contributed by atoms with van der Waals surface area (Å²) in [6.45, 7) is 3.70. The summed E-state index contributed by atoms with van der Waals surface area (Å²) in [5, 5.41) is 14.2. The molecule has 1 spiro atoms. The first-order valence-electron chi connectivity index (χ1n) is 10.6. The lowest BCUT2D eigenvalue weighted by Crippen LogP contribution is -2.31. The lowest BCUT2D eigenvalue weighted by Gasteiger charge is -2.24. The first-order chi connectivity index (χ1) is 17.1. The van der Waals surface area contributed by atoms with Gasteiger partial charge in [0.25, 0.3) is 0 Å². The second-order valence-corrected chi connectivity index (χ2v) is 8.27. The molecule has 0 aliphatic carbocycles. The molecule has 2 saturated heterocycles. The molecule has 1 atom stereocenters. The molecule has 1 amide bonds. The van der Waals surface area contributed by atoms with E-state index in [9.17, 15) is 31.1 Å². The number of amides is 1. The van der Waals surface area contributed by atoms with E-state index in [1.807, 2.05) is 35.4 Å². The summed E-state index contributed by atoms with van der Waals surface area (Å²) in [6.07, 6.45) is -2.99. The SMILES string of the molecule is O=C(O)C(F)(F)F.O=C(O)C(F)(F)F.O=C1CC2(CCN(Cc3cccnc3)C2)CN1c1ccccn1. The maximum Gasteiger partial charge on any atom is 0.490 e. The van der Waals surface area contributed by atoms with E-state index in [1.54, 1.807) is 12.4 Å². The fourth-order valence-corrected chi connectivity index (χ4v) is 3.80. The fraction of sp³-hybridized carbons (Fsp3) is 0.409. The van der Waals surface area contributed by atoms with Crippen LogP contribution in [0.4, 0.5) is 32.2 Å². The topological polar surface area (TPSA) is 124 Å². The molecule has 2 fully saturated rings. The van der Waals surface area contributed by atoms with E-state index < -0.39 is 24.3 Å². The molecule has 1 unspecified atom stereocenters. The van der Waals surface area contributed by atoms with Gasteiger partial charge in [-0.15, -0.1) is 0 Å². The van der Waals surface area contributed by atoms with Gasteiger partial charge in [0.05, 0.1) is 0 Å². The first-order valence-corrected chi connectivity index (χ1v) is 10.6. The highest BCUT2D eigenvalue weighted by Gasteiger charge is 2.48. The average molecular weight is 536 g/mol. The fourth-order valence-electron chi connectivity index (χ4n) is 3.80. The Labute approximate surface area is 206 Å². The van der Waals surface area contributed by atoms with Crippen LogP contribution in [0.3, 0.4) is 0 Å². The molecule has 0 radical (unpaired) electrons. The monoisotopic (exact) mass is 536 g/mol. The quantitative estimate of drug-likeness (QED) is 0.573. The van der Waals surface area contributed by atoms with Gasteiger partial charge in [-0.25, -0.2) is 14.6 Å². The van der Waals surface area contributed by atoms with Gasteiger partial charge in [0, 0.05) is 50.1 Å². The van der Waals surface area contributed by atoms with Gasteiger partial charge in [0.2, 0.25) is 5.91 Å². The summed E-state index contributed by atoms with van der Waals surface area (Å²) >= 11 is 0. The van der Waals surface area contributed by atoms with Crippen LogP contribution in [0, 0.1) is 5.41 Å². The summed E-state index contributed by atoms with van der Waals surface area (Å²) in [5.74, 6) is -4.54. The normalized spacial score (nSPS) is 19.6. The highest BCUT2D eigenvalue weighted by atomic mass is 19.4. The number of carboxylic acid groups (broad SMARTS) is 2. The van der Waals surface area contributed by atoms with Crippen LogP contribution in [0.5, 0.6) is 0 Å². The number of carbonyl (C=O) groups excluding carboxylic acids is 1. The Hall–Kier alpha value is -3.75. The third-order valence-electron chi connectivity index (χ3n) is 5.38. The molecule has 37 heavy (non-hydrogen) atoms. The van der Waals surface area contributed by atoms with Gasteiger partial charge in [0.1, 0.15) is 5.82 Å². The standard InChI is InChI=1S/C18H20N4O.2C2HF3O2/c23-17-10-18(14-22(17)16-5-1-2-8-20-16)6-9-21(13-18)12-15-4-3-7-19-11-15;2*3-2(4,5)1(6)7/h1-5,7-8,11H,6,9-10,12-14H2;2*(H,6,7). The predicted molar refractivity (Wildman–Crippen MR) is 115 cm³/mol. The zero-order valence-corrected chi connectivity index (χ0v) is 19.0. The Kier molecular flexibility index (Phi) is 9.55. The van der Waals surface area contributed by atoms with Crippen LogP contribution in [-0.4, -0.2) is 74.9 Å². The van der Waals surface area contributed by atoms with Crippen LogP contribution in [0.2, 0.25) is 0 Å². The van der Waals surface area contributed by atoms with Gasteiger partial charge < -0.3 is 10.2 Å². The van der Waals surface area contributed by atoms with E-state index in [-0.39, 0.29) is 11.3 Å². The van der Waals surface area contributed by atoms with E-state index in [2.05, 4.69) is 20.9 Å². The van der Waals surface area contributed by atoms with E-state index in [4.69, 9.17) is 19.8 Å². The zero-order valence-electron chi connectivity index (χ0n) is 19.0.